The van der Waals surface area contributed by atoms with Crippen molar-refractivity contribution < 1.29 is 14.2 Å². The molecule has 0 saturated carbocycles. The number of aromatic nitrogens is 3. The molecule has 2 aromatic carbocycles. The molecule has 28 heavy (non-hydrogen) atoms. The predicted octanol–water partition coefficient (Wildman–Crippen LogP) is 3.76. The fourth-order valence-corrected chi connectivity index (χ4v) is 3.06. The van der Waals surface area contributed by atoms with Crippen molar-refractivity contribution in [3.8, 4) is 28.5 Å². The zero-order valence-corrected chi connectivity index (χ0v) is 16.7. The number of para-hydroxylation sites is 1. The molecule has 0 radical (unpaired) electrons. The van der Waals surface area contributed by atoms with E-state index in [1.165, 1.54) is 0 Å². The van der Waals surface area contributed by atoms with E-state index < -0.39 is 0 Å². The number of anilines is 1. The molecule has 1 aromatic heterocycles. The van der Waals surface area contributed by atoms with Gasteiger partial charge in [-0.05, 0) is 25.1 Å². The molecule has 146 valence electrons. The van der Waals surface area contributed by atoms with Crippen LogP contribution in [0.5, 0.6) is 17.2 Å². The average molecular weight is 380 g/mol. The van der Waals surface area contributed by atoms with Gasteiger partial charge in [0.1, 0.15) is 22.9 Å². The van der Waals surface area contributed by atoms with Gasteiger partial charge in [-0.25, -0.2) is 4.98 Å². The maximum Gasteiger partial charge on any atom is 0.246 e. The topological polar surface area (TPSA) is 69.6 Å². The third-order valence-electron chi connectivity index (χ3n) is 4.72. The third-order valence-corrected chi connectivity index (χ3v) is 4.72. The van der Waals surface area contributed by atoms with E-state index in [0.29, 0.717) is 23.1 Å². The van der Waals surface area contributed by atoms with Crippen molar-refractivity contribution in [2.24, 2.45) is 0 Å². The summed E-state index contributed by atoms with van der Waals surface area (Å²) in [4.78, 5) is 6.67. The molecular formula is C21H24N4O3. The second kappa shape index (κ2) is 8.56. The lowest BCUT2D eigenvalue weighted by Crippen LogP contribution is -2.24. The number of benzene rings is 2. The molecule has 0 aliphatic rings. The third kappa shape index (κ3) is 3.69. The van der Waals surface area contributed by atoms with Crippen LogP contribution in [-0.4, -0.2) is 43.6 Å². The number of hydrogen-bond donors (Lipinski definition) is 0. The fraction of sp³-hybridized carbons (Fsp3) is 0.286. The minimum atomic E-state index is -0.0206. The molecule has 0 spiro atoms. The molecule has 0 N–H and O–H groups in total. The smallest absolute Gasteiger partial charge is 0.246 e. The molecule has 1 atom stereocenters. The van der Waals surface area contributed by atoms with Crippen molar-refractivity contribution in [1.29, 1.82) is 0 Å². The van der Waals surface area contributed by atoms with Crippen LogP contribution in [0.1, 0.15) is 18.5 Å². The molecule has 1 heterocycles. The molecular weight excluding hydrogens is 356 g/mol. The van der Waals surface area contributed by atoms with Gasteiger partial charge in [0, 0.05) is 12.6 Å². The first kappa shape index (κ1) is 19.4. The van der Waals surface area contributed by atoms with Crippen molar-refractivity contribution in [2.45, 2.75) is 13.0 Å². The van der Waals surface area contributed by atoms with E-state index in [2.05, 4.69) is 17.1 Å². The zero-order chi connectivity index (χ0) is 20.1. The highest BCUT2D eigenvalue weighted by Crippen LogP contribution is 2.37. The minimum absolute atomic E-state index is 0.0206. The fourth-order valence-electron chi connectivity index (χ4n) is 3.06. The lowest BCUT2D eigenvalue weighted by Gasteiger charge is -2.26. The first-order valence-corrected chi connectivity index (χ1v) is 8.87. The predicted molar refractivity (Wildman–Crippen MR) is 108 cm³/mol. The van der Waals surface area contributed by atoms with Crippen LogP contribution in [-0.2, 0) is 0 Å². The van der Waals surface area contributed by atoms with Gasteiger partial charge in [0.15, 0.2) is 0 Å². The lowest BCUT2D eigenvalue weighted by atomic mass is 10.1. The summed E-state index contributed by atoms with van der Waals surface area (Å²) < 4.78 is 16.5. The summed E-state index contributed by atoms with van der Waals surface area (Å²) in [6.45, 7) is 2.07. The first-order chi connectivity index (χ1) is 13.6. The summed E-state index contributed by atoms with van der Waals surface area (Å²) in [5, 5.41) is 8.38. The summed E-state index contributed by atoms with van der Waals surface area (Å²) in [7, 11) is 6.82. The lowest BCUT2D eigenvalue weighted by molar-refractivity contribution is 0.397. The first-order valence-electron chi connectivity index (χ1n) is 8.87. The van der Waals surface area contributed by atoms with E-state index in [1.54, 1.807) is 27.5 Å². The van der Waals surface area contributed by atoms with Crippen LogP contribution in [0.3, 0.4) is 0 Å². The molecule has 0 fully saturated rings. The van der Waals surface area contributed by atoms with Gasteiger partial charge >= 0.3 is 0 Å². The van der Waals surface area contributed by atoms with Gasteiger partial charge in [-0.2, -0.15) is 5.10 Å². The highest BCUT2D eigenvalue weighted by Gasteiger charge is 2.21. The maximum absolute atomic E-state index is 5.49. The molecule has 0 unspecified atom stereocenters. The van der Waals surface area contributed by atoms with Crippen molar-refractivity contribution >= 4 is 5.95 Å². The average Bonchev–Trinajstić information content (AvgIpc) is 2.77. The number of hydrogen-bond acceptors (Lipinski definition) is 7. The van der Waals surface area contributed by atoms with E-state index in [0.717, 1.165) is 16.9 Å². The molecule has 3 aromatic rings. The summed E-state index contributed by atoms with van der Waals surface area (Å²) in [5.74, 6) is 2.62. The zero-order valence-electron chi connectivity index (χ0n) is 16.7. The van der Waals surface area contributed by atoms with Gasteiger partial charge in [-0.15, -0.1) is 5.10 Å². The Morgan fingerprint density at radius 1 is 0.857 bits per heavy atom. The molecule has 7 heteroatoms. The van der Waals surface area contributed by atoms with Crippen molar-refractivity contribution in [3.63, 3.8) is 0 Å². The summed E-state index contributed by atoms with van der Waals surface area (Å²) in [6, 6.07) is 13.5. The van der Waals surface area contributed by atoms with Crippen LogP contribution in [0.25, 0.3) is 11.3 Å². The number of methoxy groups -OCH3 is 3. The Kier molecular flexibility index (Phi) is 5.93. The molecule has 3 rings (SSSR count). The van der Waals surface area contributed by atoms with E-state index in [1.807, 2.05) is 54.4 Å². The van der Waals surface area contributed by atoms with E-state index in [4.69, 9.17) is 19.2 Å². The van der Waals surface area contributed by atoms with Crippen LogP contribution < -0.4 is 19.1 Å². The quantitative estimate of drug-likeness (QED) is 0.618. The Balaban J connectivity index is 2.00. The van der Waals surface area contributed by atoms with Gasteiger partial charge in [0.2, 0.25) is 5.95 Å². The Bertz CT molecular complexity index is 926. The normalized spacial score (nSPS) is 11.6. The summed E-state index contributed by atoms with van der Waals surface area (Å²) in [6.07, 6.45) is 1.60. The van der Waals surface area contributed by atoms with Crippen LogP contribution in [0, 0.1) is 0 Å². The largest absolute Gasteiger partial charge is 0.496 e. The van der Waals surface area contributed by atoms with Gasteiger partial charge in [-0.1, -0.05) is 24.3 Å². The standard InChI is InChI=1S/C21H24N4O3/c1-14(15-9-6-7-10-17(15)26-3)25(2)21-23-16(13-22-24-21)20-18(27-4)11-8-12-19(20)28-5/h6-14H,1-5H3/t14-/m0/s1. The Morgan fingerprint density at radius 2 is 1.46 bits per heavy atom. The monoisotopic (exact) mass is 380 g/mol. The molecule has 7 nitrogen and oxygen atoms in total. The summed E-state index contributed by atoms with van der Waals surface area (Å²) >= 11 is 0. The Hall–Kier alpha value is -3.35. The molecule has 0 aliphatic carbocycles. The molecule has 0 aliphatic heterocycles. The Labute approximate surface area is 164 Å². The minimum Gasteiger partial charge on any atom is -0.496 e. The molecule has 0 amide bonds. The number of ether oxygens (including phenoxy) is 3. The van der Waals surface area contributed by atoms with Crippen molar-refractivity contribution in [3.05, 3.63) is 54.2 Å². The van der Waals surface area contributed by atoms with Crippen molar-refractivity contribution in [2.75, 3.05) is 33.3 Å². The maximum atomic E-state index is 5.49. The van der Waals surface area contributed by atoms with Gasteiger partial charge < -0.3 is 19.1 Å². The van der Waals surface area contributed by atoms with Gasteiger partial charge in [0.25, 0.3) is 0 Å². The van der Waals surface area contributed by atoms with Crippen LogP contribution in [0.2, 0.25) is 0 Å². The Morgan fingerprint density at radius 3 is 2.11 bits per heavy atom. The van der Waals surface area contributed by atoms with Crippen LogP contribution >= 0.6 is 0 Å². The second-order valence-electron chi connectivity index (χ2n) is 6.21. The van der Waals surface area contributed by atoms with E-state index in [-0.39, 0.29) is 6.04 Å². The van der Waals surface area contributed by atoms with Gasteiger partial charge in [0.05, 0.1) is 39.1 Å². The second-order valence-corrected chi connectivity index (χ2v) is 6.21. The van der Waals surface area contributed by atoms with Crippen molar-refractivity contribution in [1.82, 2.24) is 15.2 Å². The van der Waals surface area contributed by atoms with Crippen LogP contribution in [0.15, 0.2) is 48.7 Å². The van der Waals surface area contributed by atoms with E-state index >= 15 is 0 Å². The highest BCUT2D eigenvalue weighted by atomic mass is 16.5. The summed E-state index contributed by atoms with van der Waals surface area (Å²) in [5.41, 5.74) is 2.40. The highest BCUT2D eigenvalue weighted by molar-refractivity contribution is 5.74. The van der Waals surface area contributed by atoms with E-state index in [9.17, 15) is 0 Å². The number of rotatable bonds is 7. The van der Waals surface area contributed by atoms with Gasteiger partial charge in [-0.3, -0.25) is 0 Å². The molecule has 0 bridgehead atoms. The number of nitrogens with zero attached hydrogens (tertiary/aromatic N) is 4. The van der Waals surface area contributed by atoms with Crippen LogP contribution in [0.4, 0.5) is 5.95 Å². The molecule has 0 saturated heterocycles. The SMILES string of the molecule is COc1ccccc1[C@H](C)N(C)c1nncc(-c2c(OC)cccc2OC)n1.